The van der Waals surface area contributed by atoms with Gasteiger partial charge in [0.05, 0.1) is 11.3 Å². The first kappa shape index (κ1) is 22.2. The van der Waals surface area contributed by atoms with E-state index in [2.05, 4.69) is 15.3 Å². The van der Waals surface area contributed by atoms with Gasteiger partial charge >= 0.3 is 0 Å². The number of nitrogens with two attached hydrogens (primary N) is 3. The van der Waals surface area contributed by atoms with Crippen molar-refractivity contribution in [3.05, 3.63) is 52.8 Å². The minimum atomic E-state index is -3.35. The highest BCUT2D eigenvalue weighted by Gasteiger charge is 2.30. The van der Waals surface area contributed by atoms with Gasteiger partial charge in [0, 0.05) is 12.6 Å². The maximum atomic E-state index is 14.4. The van der Waals surface area contributed by atoms with Crippen LogP contribution in [0.5, 0.6) is 0 Å². The molecule has 11 heteroatoms. The van der Waals surface area contributed by atoms with Crippen molar-refractivity contribution in [1.82, 2.24) is 5.32 Å². The maximum Gasteiger partial charge on any atom is 0.284 e. The van der Waals surface area contributed by atoms with Crippen molar-refractivity contribution in [2.24, 2.45) is 27.2 Å². The second-order valence-corrected chi connectivity index (χ2v) is 6.81. The fourth-order valence-corrected chi connectivity index (χ4v) is 2.99. The number of nitrogens with one attached hydrogen (secondary N) is 1. The summed E-state index contributed by atoms with van der Waals surface area (Å²) in [4.78, 5) is 19.3. The molecule has 1 unspecified atom stereocenters. The molecule has 7 N–H and O–H groups in total. The number of alkyl halides is 2. The van der Waals surface area contributed by atoms with Gasteiger partial charge in [-0.2, -0.15) is 13.8 Å². The summed E-state index contributed by atoms with van der Waals surface area (Å²) in [5, 5.41) is 2.31. The van der Waals surface area contributed by atoms with E-state index in [1.54, 1.807) is 6.92 Å². The average molecular weight is 424 g/mol. The standard InChI is InChI=1S/C18H20F3N6OP/c1-8-5-10(26-17(24)27-16(22)23)7-12(18(20,21)29)14(8)9-3-4-13(19)11(6-9)15(28)25-2/h3-7H,29H2,1-2H3,(H,25,28)(H6,22,23,24,26,27). The van der Waals surface area contributed by atoms with Crippen molar-refractivity contribution in [3.63, 3.8) is 0 Å². The Morgan fingerprint density at radius 3 is 2.38 bits per heavy atom. The third-order valence-electron chi connectivity index (χ3n) is 3.89. The summed E-state index contributed by atoms with van der Waals surface area (Å²) in [7, 11) is 2.79. The van der Waals surface area contributed by atoms with Gasteiger partial charge in [-0.05, 0) is 47.9 Å². The molecule has 29 heavy (non-hydrogen) atoms. The number of nitrogens with zero attached hydrogens (tertiary/aromatic N) is 2. The number of hydrogen-bond acceptors (Lipinski definition) is 2. The van der Waals surface area contributed by atoms with Crippen LogP contribution in [-0.4, -0.2) is 24.9 Å². The Morgan fingerprint density at radius 1 is 1.17 bits per heavy atom. The van der Waals surface area contributed by atoms with Crippen molar-refractivity contribution >= 4 is 32.8 Å². The highest BCUT2D eigenvalue weighted by atomic mass is 31.0. The highest BCUT2D eigenvalue weighted by molar-refractivity contribution is 7.17. The number of benzene rings is 2. The van der Waals surface area contributed by atoms with Gasteiger partial charge in [0.25, 0.3) is 11.6 Å². The molecule has 0 saturated heterocycles. The van der Waals surface area contributed by atoms with Crippen LogP contribution in [0.4, 0.5) is 18.9 Å². The molecule has 7 nitrogen and oxygen atoms in total. The van der Waals surface area contributed by atoms with Crippen LogP contribution in [0, 0.1) is 12.7 Å². The molecule has 0 heterocycles. The second-order valence-electron chi connectivity index (χ2n) is 6.09. The smallest absolute Gasteiger partial charge is 0.284 e. The first-order chi connectivity index (χ1) is 13.4. The lowest BCUT2D eigenvalue weighted by atomic mass is 9.93. The first-order valence-electron chi connectivity index (χ1n) is 8.21. The van der Waals surface area contributed by atoms with Gasteiger partial charge in [-0.1, -0.05) is 15.3 Å². The fraction of sp³-hybridized carbons (Fsp3) is 0.167. The van der Waals surface area contributed by atoms with E-state index in [1.165, 1.54) is 34.5 Å². The Morgan fingerprint density at radius 2 is 1.83 bits per heavy atom. The zero-order valence-corrected chi connectivity index (χ0v) is 16.8. The SMILES string of the molecule is CNC(=O)c1cc(-c2c(C)cc(N=C(N)N=C(N)N)cc2C(F)(F)P)ccc1F. The third kappa shape index (κ3) is 5.23. The lowest BCUT2D eigenvalue weighted by Gasteiger charge is -2.19. The van der Waals surface area contributed by atoms with E-state index < -0.39 is 23.0 Å². The number of carbonyl (C=O) groups excluding carboxylic acids is 1. The summed E-state index contributed by atoms with van der Waals surface area (Å²) in [6.45, 7) is 1.58. The molecule has 0 aromatic heterocycles. The van der Waals surface area contributed by atoms with Gasteiger partial charge in [-0.15, -0.1) is 0 Å². The van der Waals surface area contributed by atoms with Crippen molar-refractivity contribution in [1.29, 1.82) is 0 Å². The number of guanidine groups is 2. The topological polar surface area (TPSA) is 132 Å². The number of aliphatic imine (C=N–C) groups is 2. The molecule has 1 amide bonds. The number of aryl methyl sites for hydroxylation is 1. The zero-order chi connectivity index (χ0) is 21.9. The molecule has 2 aromatic rings. The van der Waals surface area contributed by atoms with Crippen molar-refractivity contribution in [2.75, 3.05) is 7.05 Å². The van der Waals surface area contributed by atoms with Gasteiger partial charge in [0.2, 0.25) is 5.96 Å². The summed E-state index contributed by atoms with van der Waals surface area (Å²) in [5.74, 6) is -2.08. The molecule has 0 aliphatic rings. The Balaban J connectivity index is 2.74. The lowest BCUT2D eigenvalue weighted by Crippen LogP contribution is -2.26. The Labute approximate surface area is 167 Å². The molecule has 0 saturated carbocycles. The van der Waals surface area contributed by atoms with Gasteiger partial charge < -0.3 is 22.5 Å². The van der Waals surface area contributed by atoms with E-state index in [4.69, 9.17) is 17.2 Å². The zero-order valence-electron chi connectivity index (χ0n) is 15.6. The van der Waals surface area contributed by atoms with Crippen molar-refractivity contribution < 1.29 is 18.0 Å². The molecule has 0 spiro atoms. The number of hydrogen-bond donors (Lipinski definition) is 4. The molecular formula is C18H20F3N6OP. The first-order valence-corrected chi connectivity index (χ1v) is 8.79. The molecule has 0 bridgehead atoms. The van der Waals surface area contributed by atoms with Crippen LogP contribution in [0.15, 0.2) is 40.3 Å². The van der Waals surface area contributed by atoms with Crippen LogP contribution in [0.2, 0.25) is 0 Å². The molecule has 0 aliphatic heterocycles. The van der Waals surface area contributed by atoms with Gasteiger partial charge in [0.15, 0.2) is 5.96 Å². The minimum absolute atomic E-state index is 0.0968. The van der Waals surface area contributed by atoms with Crippen LogP contribution < -0.4 is 22.5 Å². The number of carbonyl (C=O) groups is 1. The van der Waals surface area contributed by atoms with Crippen LogP contribution >= 0.6 is 9.24 Å². The van der Waals surface area contributed by atoms with Crippen LogP contribution in [0.3, 0.4) is 0 Å². The largest absolute Gasteiger partial charge is 0.370 e. The predicted molar refractivity (Wildman–Crippen MR) is 111 cm³/mol. The van der Waals surface area contributed by atoms with Crippen LogP contribution in [0.25, 0.3) is 11.1 Å². The minimum Gasteiger partial charge on any atom is -0.370 e. The molecule has 2 aromatic carbocycles. The van der Waals surface area contributed by atoms with E-state index in [1.807, 2.05) is 0 Å². The van der Waals surface area contributed by atoms with Crippen LogP contribution in [0.1, 0.15) is 21.5 Å². The maximum absolute atomic E-state index is 14.4. The lowest BCUT2D eigenvalue weighted by molar-refractivity contribution is 0.0959. The summed E-state index contributed by atoms with van der Waals surface area (Å²) < 4.78 is 42.7. The summed E-state index contributed by atoms with van der Waals surface area (Å²) in [5.41, 5.74) is 12.9. The Kier molecular flexibility index (Phi) is 6.48. The molecule has 154 valence electrons. The molecule has 0 fully saturated rings. The van der Waals surface area contributed by atoms with E-state index in [0.29, 0.717) is 5.56 Å². The molecule has 0 aliphatic carbocycles. The second kappa shape index (κ2) is 8.48. The van der Waals surface area contributed by atoms with E-state index in [9.17, 15) is 18.0 Å². The Hall–Kier alpha value is -3.13. The summed E-state index contributed by atoms with van der Waals surface area (Å²) in [6, 6.07) is 6.20. The van der Waals surface area contributed by atoms with E-state index in [-0.39, 0.29) is 34.3 Å². The van der Waals surface area contributed by atoms with E-state index >= 15 is 0 Å². The van der Waals surface area contributed by atoms with Crippen LogP contribution in [-0.2, 0) is 5.66 Å². The number of halogens is 3. The van der Waals surface area contributed by atoms with Gasteiger partial charge in [0.1, 0.15) is 5.82 Å². The number of rotatable bonds is 4. The molecule has 0 radical (unpaired) electrons. The highest BCUT2D eigenvalue weighted by Crippen LogP contribution is 2.44. The Bertz CT molecular complexity index is 1010. The fourth-order valence-electron chi connectivity index (χ4n) is 2.76. The van der Waals surface area contributed by atoms with Crippen molar-refractivity contribution in [2.45, 2.75) is 12.6 Å². The summed E-state index contributed by atoms with van der Waals surface area (Å²) in [6.07, 6.45) is 0. The van der Waals surface area contributed by atoms with Gasteiger partial charge in [-0.25, -0.2) is 9.38 Å². The average Bonchev–Trinajstić information content (AvgIpc) is 2.59. The molecule has 1 atom stereocenters. The number of amides is 1. The third-order valence-corrected chi connectivity index (χ3v) is 4.20. The molecule has 2 rings (SSSR count). The molecular weight excluding hydrogens is 404 g/mol. The van der Waals surface area contributed by atoms with Gasteiger partial charge in [-0.3, -0.25) is 4.79 Å². The van der Waals surface area contributed by atoms with E-state index in [0.717, 1.165) is 12.1 Å². The normalized spacial score (nSPS) is 11.9. The monoisotopic (exact) mass is 424 g/mol. The summed E-state index contributed by atoms with van der Waals surface area (Å²) >= 11 is 0. The van der Waals surface area contributed by atoms with Crippen molar-refractivity contribution in [3.8, 4) is 11.1 Å². The predicted octanol–water partition coefficient (Wildman–Crippen LogP) is 2.30. The quantitative estimate of drug-likeness (QED) is 0.341.